The monoisotopic (exact) mass is 398 g/mol. The van der Waals surface area contributed by atoms with E-state index in [2.05, 4.69) is 9.97 Å². The standard InChI is InChI=1S/C20H19ClN4O3/c21-16-10-22-8-7-18(16)28-14-4-3-9-24(11-14)19(26)12-25-13-23-17-6-2-1-5-15(17)20(25)27/h1-2,5-8,10,13-14H,3-4,9,11-12H2/t14-/m1/s1. The molecule has 0 N–H and O–H groups in total. The number of pyridine rings is 1. The van der Waals surface area contributed by atoms with Crippen LogP contribution in [0, 0.1) is 0 Å². The summed E-state index contributed by atoms with van der Waals surface area (Å²) in [5, 5.41) is 0.949. The SMILES string of the molecule is O=C(Cn1cnc2ccccc2c1=O)N1CCC[C@@H](Oc2ccncc2Cl)C1. The summed E-state index contributed by atoms with van der Waals surface area (Å²) in [5.74, 6) is 0.430. The second-order valence-electron chi connectivity index (χ2n) is 6.72. The molecular formula is C20H19ClN4O3. The second-order valence-corrected chi connectivity index (χ2v) is 7.13. The molecule has 0 radical (unpaired) electrons. The van der Waals surface area contributed by atoms with Crippen molar-refractivity contribution in [1.29, 1.82) is 0 Å². The van der Waals surface area contributed by atoms with Crippen molar-refractivity contribution in [1.82, 2.24) is 19.4 Å². The van der Waals surface area contributed by atoms with Crippen LogP contribution in [0.2, 0.25) is 5.02 Å². The molecule has 8 heteroatoms. The van der Waals surface area contributed by atoms with Gasteiger partial charge in [0.15, 0.2) is 0 Å². The maximum atomic E-state index is 12.8. The van der Waals surface area contributed by atoms with Crippen LogP contribution in [0.5, 0.6) is 5.75 Å². The molecule has 0 spiro atoms. The Labute approximate surface area is 166 Å². The lowest BCUT2D eigenvalue weighted by Gasteiger charge is -2.33. The Kier molecular flexibility index (Phi) is 5.25. The highest BCUT2D eigenvalue weighted by Gasteiger charge is 2.25. The van der Waals surface area contributed by atoms with Crippen LogP contribution in [0.3, 0.4) is 0 Å². The van der Waals surface area contributed by atoms with Gasteiger partial charge >= 0.3 is 0 Å². The van der Waals surface area contributed by atoms with Crippen molar-refractivity contribution in [3.63, 3.8) is 0 Å². The van der Waals surface area contributed by atoms with Gasteiger partial charge in [0, 0.05) is 25.0 Å². The van der Waals surface area contributed by atoms with Crippen molar-refractivity contribution in [2.24, 2.45) is 0 Å². The lowest BCUT2D eigenvalue weighted by molar-refractivity contribution is -0.134. The van der Waals surface area contributed by atoms with Gasteiger partial charge < -0.3 is 9.64 Å². The molecule has 4 rings (SSSR count). The first-order valence-electron chi connectivity index (χ1n) is 9.10. The van der Waals surface area contributed by atoms with Crippen LogP contribution in [-0.4, -0.2) is 44.5 Å². The zero-order chi connectivity index (χ0) is 19.5. The molecule has 1 saturated heterocycles. The fourth-order valence-electron chi connectivity index (χ4n) is 3.36. The number of para-hydroxylation sites is 1. The van der Waals surface area contributed by atoms with Crippen LogP contribution in [0.4, 0.5) is 0 Å². The second kappa shape index (κ2) is 7.98. The summed E-state index contributed by atoms with van der Waals surface area (Å²) in [7, 11) is 0. The van der Waals surface area contributed by atoms with Gasteiger partial charge in [0.2, 0.25) is 5.91 Å². The van der Waals surface area contributed by atoms with Crippen LogP contribution in [0.1, 0.15) is 12.8 Å². The Balaban J connectivity index is 1.45. The zero-order valence-electron chi connectivity index (χ0n) is 15.1. The summed E-state index contributed by atoms with van der Waals surface area (Å²) in [6.45, 7) is 1.05. The number of carbonyl (C=O) groups excluding carboxylic acids is 1. The summed E-state index contributed by atoms with van der Waals surface area (Å²) >= 11 is 6.10. The van der Waals surface area contributed by atoms with Crippen molar-refractivity contribution in [3.8, 4) is 5.75 Å². The fourth-order valence-corrected chi connectivity index (χ4v) is 3.53. The van der Waals surface area contributed by atoms with E-state index >= 15 is 0 Å². The third-order valence-electron chi connectivity index (χ3n) is 4.80. The van der Waals surface area contributed by atoms with Gasteiger partial charge in [-0.2, -0.15) is 0 Å². The van der Waals surface area contributed by atoms with E-state index in [9.17, 15) is 9.59 Å². The first kappa shape index (κ1) is 18.4. The molecule has 1 aromatic carbocycles. The number of rotatable bonds is 4. The van der Waals surface area contributed by atoms with Crippen molar-refractivity contribution >= 4 is 28.4 Å². The van der Waals surface area contributed by atoms with Gasteiger partial charge in [-0.15, -0.1) is 0 Å². The molecule has 28 heavy (non-hydrogen) atoms. The van der Waals surface area contributed by atoms with E-state index in [1.54, 1.807) is 35.4 Å². The number of hydrogen-bond donors (Lipinski definition) is 0. The van der Waals surface area contributed by atoms with Gasteiger partial charge in [0.05, 0.1) is 23.8 Å². The first-order chi connectivity index (χ1) is 13.6. The molecule has 3 aromatic rings. The molecule has 2 aromatic heterocycles. The Bertz CT molecular complexity index is 1070. The van der Waals surface area contributed by atoms with Gasteiger partial charge in [0.25, 0.3) is 5.56 Å². The highest BCUT2D eigenvalue weighted by molar-refractivity contribution is 6.31. The van der Waals surface area contributed by atoms with E-state index in [1.807, 2.05) is 6.07 Å². The normalized spacial score (nSPS) is 16.9. The van der Waals surface area contributed by atoms with Crippen LogP contribution in [0.25, 0.3) is 10.9 Å². The topological polar surface area (TPSA) is 77.3 Å². The minimum atomic E-state index is -0.215. The average molecular weight is 399 g/mol. The van der Waals surface area contributed by atoms with Crippen LogP contribution in [0.15, 0.2) is 53.8 Å². The molecule has 1 atom stereocenters. The molecule has 0 unspecified atom stereocenters. The Morgan fingerprint density at radius 3 is 3.00 bits per heavy atom. The predicted molar refractivity (Wildman–Crippen MR) is 105 cm³/mol. The third kappa shape index (κ3) is 3.84. The van der Waals surface area contributed by atoms with Crippen molar-refractivity contribution in [2.75, 3.05) is 13.1 Å². The molecular weight excluding hydrogens is 380 g/mol. The van der Waals surface area contributed by atoms with E-state index in [1.165, 1.54) is 17.1 Å². The fraction of sp³-hybridized carbons (Fsp3) is 0.300. The Morgan fingerprint density at radius 2 is 2.14 bits per heavy atom. The van der Waals surface area contributed by atoms with Gasteiger partial charge in [-0.3, -0.25) is 19.1 Å². The summed E-state index contributed by atoms with van der Waals surface area (Å²) < 4.78 is 7.31. The van der Waals surface area contributed by atoms with Gasteiger partial charge in [0.1, 0.15) is 23.4 Å². The Morgan fingerprint density at radius 1 is 1.29 bits per heavy atom. The van der Waals surface area contributed by atoms with Crippen molar-refractivity contribution < 1.29 is 9.53 Å². The number of halogens is 1. The number of amides is 1. The van der Waals surface area contributed by atoms with E-state index < -0.39 is 0 Å². The lowest BCUT2D eigenvalue weighted by Crippen LogP contribution is -2.46. The van der Waals surface area contributed by atoms with Crippen LogP contribution < -0.4 is 10.3 Å². The number of nitrogens with zero attached hydrogens (tertiary/aromatic N) is 4. The summed E-state index contributed by atoms with van der Waals surface area (Å²) in [4.78, 5) is 35.3. The van der Waals surface area contributed by atoms with Crippen molar-refractivity contribution in [2.45, 2.75) is 25.5 Å². The molecule has 144 valence electrons. The molecule has 0 saturated carbocycles. The minimum Gasteiger partial charge on any atom is -0.487 e. The largest absolute Gasteiger partial charge is 0.487 e. The lowest BCUT2D eigenvalue weighted by atomic mass is 10.1. The molecule has 1 fully saturated rings. The summed E-state index contributed by atoms with van der Waals surface area (Å²) in [5.41, 5.74) is 0.407. The smallest absolute Gasteiger partial charge is 0.261 e. The van der Waals surface area contributed by atoms with Gasteiger partial charge in [-0.1, -0.05) is 23.7 Å². The highest BCUT2D eigenvalue weighted by Crippen LogP contribution is 2.25. The number of fused-ring (bicyclic) bond motifs is 1. The number of likely N-dealkylation sites (tertiary alicyclic amines) is 1. The number of aromatic nitrogens is 3. The minimum absolute atomic E-state index is 0.0423. The maximum Gasteiger partial charge on any atom is 0.261 e. The van der Waals surface area contributed by atoms with Crippen LogP contribution in [-0.2, 0) is 11.3 Å². The highest BCUT2D eigenvalue weighted by atomic mass is 35.5. The predicted octanol–water partition coefficient (Wildman–Crippen LogP) is 2.51. The average Bonchev–Trinajstić information content (AvgIpc) is 2.72. The maximum absolute atomic E-state index is 12.8. The Hall–Kier alpha value is -2.93. The molecule has 0 bridgehead atoms. The third-order valence-corrected chi connectivity index (χ3v) is 5.08. The quantitative estimate of drug-likeness (QED) is 0.674. The number of piperidine rings is 1. The van der Waals surface area contributed by atoms with E-state index in [0.717, 1.165) is 12.8 Å². The zero-order valence-corrected chi connectivity index (χ0v) is 15.9. The van der Waals surface area contributed by atoms with Crippen LogP contribution >= 0.6 is 11.6 Å². The molecule has 3 heterocycles. The number of carbonyl (C=O) groups is 1. The number of benzene rings is 1. The molecule has 1 aliphatic rings. The number of hydrogen-bond acceptors (Lipinski definition) is 5. The van der Waals surface area contributed by atoms with Gasteiger partial charge in [-0.25, -0.2) is 4.98 Å². The summed E-state index contributed by atoms with van der Waals surface area (Å²) in [6.07, 6.45) is 6.08. The van der Waals surface area contributed by atoms with E-state index in [4.69, 9.17) is 16.3 Å². The van der Waals surface area contributed by atoms with E-state index in [0.29, 0.717) is 34.8 Å². The molecule has 1 aliphatic heterocycles. The first-order valence-corrected chi connectivity index (χ1v) is 9.48. The van der Waals surface area contributed by atoms with Crippen molar-refractivity contribution in [3.05, 3.63) is 64.4 Å². The molecule has 0 aliphatic carbocycles. The van der Waals surface area contributed by atoms with E-state index in [-0.39, 0.29) is 24.1 Å². The summed E-state index contributed by atoms with van der Waals surface area (Å²) in [6, 6.07) is 8.82. The van der Waals surface area contributed by atoms with Gasteiger partial charge in [-0.05, 0) is 25.0 Å². The molecule has 1 amide bonds. The molecule has 7 nitrogen and oxygen atoms in total. The number of ether oxygens (including phenoxy) is 1.